The number of methoxy groups -OCH3 is 1. The Bertz CT molecular complexity index is 857. The van der Waals surface area contributed by atoms with Crippen molar-refractivity contribution in [1.29, 1.82) is 0 Å². The molecule has 0 aliphatic heterocycles. The Morgan fingerprint density at radius 2 is 2.10 bits per heavy atom. The molecule has 4 nitrogen and oxygen atoms in total. The predicted molar refractivity (Wildman–Crippen MR) is 85.7 cm³/mol. The van der Waals surface area contributed by atoms with E-state index in [4.69, 9.17) is 21.4 Å². The topological polar surface area (TPSA) is 43.1 Å². The summed E-state index contributed by atoms with van der Waals surface area (Å²) in [5.74, 6) is 2.64. The van der Waals surface area contributed by atoms with E-state index in [2.05, 4.69) is 22.5 Å². The van der Waals surface area contributed by atoms with Crippen molar-refractivity contribution >= 4 is 23.3 Å². The van der Waals surface area contributed by atoms with Gasteiger partial charge in [-0.1, -0.05) is 6.07 Å². The molecule has 0 radical (unpaired) electrons. The smallest absolute Gasteiger partial charge is 0.178 e. The molecule has 1 atom stereocenters. The van der Waals surface area contributed by atoms with Gasteiger partial charge < -0.3 is 18.7 Å². The lowest BCUT2D eigenvalue weighted by molar-refractivity contribution is 0.419. The molecule has 2 aromatic heterocycles. The van der Waals surface area contributed by atoms with Gasteiger partial charge in [0.2, 0.25) is 0 Å². The van der Waals surface area contributed by atoms with Crippen LogP contribution in [0.25, 0.3) is 11.0 Å². The van der Waals surface area contributed by atoms with Gasteiger partial charge in [0.1, 0.15) is 22.8 Å². The minimum atomic E-state index is 0.0933. The summed E-state index contributed by atoms with van der Waals surface area (Å²) in [5, 5.41) is 0. The molecule has 0 fully saturated rings. The quantitative estimate of drug-likeness (QED) is 0.723. The van der Waals surface area contributed by atoms with Crippen LogP contribution in [0.5, 0.6) is 5.75 Å². The van der Waals surface area contributed by atoms with Gasteiger partial charge in [-0.05, 0) is 51.2 Å². The van der Waals surface area contributed by atoms with Gasteiger partial charge in [0.25, 0.3) is 0 Å². The first kappa shape index (κ1) is 13.9. The number of ether oxygens (including phenoxy) is 1. The van der Waals surface area contributed by atoms with E-state index in [1.807, 2.05) is 32.0 Å². The summed E-state index contributed by atoms with van der Waals surface area (Å²) in [6.45, 7) is 6.07. The Morgan fingerprint density at radius 1 is 1.33 bits per heavy atom. The van der Waals surface area contributed by atoms with E-state index >= 15 is 0 Å². The lowest BCUT2D eigenvalue weighted by atomic mass is 10.1. The van der Waals surface area contributed by atoms with Crippen molar-refractivity contribution in [2.45, 2.75) is 26.8 Å². The molecule has 0 amide bonds. The molecule has 0 saturated heterocycles. The normalized spacial score (nSPS) is 12.8. The monoisotopic (exact) mass is 302 g/mol. The van der Waals surface area contributed by atoms with Crippen LogP contribution < -0.4 is 4.74 Å². The summed E-state index contributed by atoms with van der Waals surface area (Å²) in [6, 6.07) is 8.11. The van der Waals surface area contributed by atoms with Gasteiger partial charge in [0, 0.05) is 5.56 Å². The van der Waals surface area contributed by atoms with Crippen LogP contribution in [0.3, 0.4) is 0 Å². The minimum Gasteiger partial charge on any atom is -0.494 e. The number of furan rings is 1. The third-order valence-electron chi connectivity index (χ3n) is 3.85. The molecule has 0 aliphatic carbocycles. The van der Waals surface area contributed by atoms with Crippen LogP contribution in [0.1, 0.15) is 30.0 Å². The fraction of sp³-hybridized carbons (Fsp3) is 0.312. The van der Waals surface area contributed by atoms with Gasteiger partial charge in [0.05, 0.1) is 18.7 Å². The number of aromatic amines is 1. The number of aromatic nitrogens is 2. The van der Waals surface area contributed by atoms with Crippen LogP contribution in [-0.2, 0) is 0 Å². The predicted octanol–water partition coefficient (Wildman–Crippen LogP) is 4.53. The molecule has 1 N–H and O–H groups in total. The summed E-state index contributed by atoms with van der Waals surface area (Å²) in [7, 11) is 1.66. The molecule has 0 aliphatic rings. The first-order valence-electron chi connectivity index (χ1n) is 6.87. The Labute approximate surface area is 128 Å². The number of para-hydroxylation sites is 1. The van der Waals surface area contributed by atoms with Gasteiger partial charge in [-0.15, -0.1) is 0 Å². The molecule has 1 aromatic carbocycles. The van der Waals surface area contributed by atoms with Gasteiger partial charge in [-0.2, -0.15) is 0 Å². The second-order valence-electron chi connectivity index (χ2n) is 5.20. The molecule has 0 saturated carbocycles. The molecule has 2 heterocycles. The van der Waals surface area contributed by atoms with Gasteiger partial charge in [0.15, 0.2) is 4.77 Å². The Kier molecular flexibility index (Phi) is 3.37. The van der Waals surface area contributed by atoms with Gasteiger partial charge in [-0.25, -0.2) is 0 Å². The number of nitrogens with zero attached hydrogens (tertiary/aromatic N) is 1. The average Bonchev–Trinajstić information content (AvgIpc) is 2.96. The van der Waals surface area contributed by atoms with Crippen LogP contribution in [0.15, 0.2) is 28.7 Å². The summed E-state index contributed by atoms with van der Waals surface area (Å²) < 4.78 is 13.8. The van der Waals surface area contributed by atoms with Crippen molar-refractivity contribution in [3.8, 4) is 5.75 Å². The van der Waals surface area contributed by atoms with Crippen LogP contribution in [0.4, 0.5) is 0 Å². The van der Waals surface area contributed by atoms with Crippen LogP contribution in [0.2, 0.25) is 0 Å². The van der Waals surface area contributed by atoms with Crippen molar-refractivity contribution < 1.29 is 9.15 Å². The molecule has 21 heavy (non-hydrogen) atoms. The lowest BCUT2D eigenvalue weighted by Gasteiger charge is -2.14. The van der Waals surface area contributed by atoms with E-state index in [1.165, 1.54) is 0 Å². The Balaban J connectivity index is 2.23. The number of fused-ring (bicyclic) bond motifs is 1. The average molecular weight is 302 g/mol. The van der Waals surface area contributed by atoms with Crippen molar-refractivity contribution in [1.82, 2.24) is 9.55 Å². The van der Waals surface area contributed by atoms with E-state index in [-0.39, 0.29) is 6.04 Å². The van der Waals surface area contributed by atoms with E-state index in [9.17, 15) is 0 Å². The molecular formula is C16H18N2O2S. The molecule has 1 unspecified atom stereocenters. The molecular weight excluding hydrogens is 284 g/mol. The van der Waals surface area contributed by atoms with Crippen LogP contribution in [-0.4, -0.2) is 16.7 Å². The first-order chi connectivity index (χ1) is 10.0. The van der Waals surface area contributed by atoms with Gasteiger partial charge >= 0.3 is 0 Å². The lowest BCUT2D eigenvalue weighted by Crippen LogP contribution is -2.07. The maximum atomic E-state index is 5.65. The molecule has 0 spiro atoms. The number of benzene rings is 1. The van der Waals surface area contributed by atoms with Crippen molar-refractivity contribution in [3.05, 3.63) is 46.1 Å². The van der Waals surface area contributed by atoms with Crippen molar-refractivity contribution in [2.75, 3.05) is 7.11 Å². The fourth-order valence-corrected chi connectivity index (χ4v) is 3.24. The number of nitrogens with one attached hydrogen (secondary N) is 1. The SMILES string of the molecule is COc1cccc2c1[nH]c(=S)n2C(C)c1cc(C)oc1C. The number of hydrogen-bond donors (Lipinski definition) is 1. The zero-order valence-electron chi connectivity index (χ0n) is 12.6. The Morgan fingerprint density at radius 3 is 2.71 bits per heavy atom. The number of rotatable bonds is 3. The number of H-pyrrole nitrogens is 1. The Hall–Kier alpha value is -2.01. The molecule has 0 bridgehead atoms. The van der Waals surface area contributed by atoms with Gasteiger partial charge in [-0.3, -0.25) is 0 Å². The molecule has 3 aromatic rings. The fourth-order valence-electron chi connectivity index (χ4n) is 2.88. The second-order valence-corrected chi connectivity index (χ2v) is 5.59. The van der Waals surface area contributed by atoms with E-state index in [0.717, 1.165) is 33.9 Å². The van der Waals surface area contributed by atoms with E-state index in [1.54, 1.807) is 7.11 Å². The highest BCUT2D eigenvalue weighted by Crippen LogP contribution is 2.31. The third-order valence-corrected chi connectivity index (χ3v) is 4.15. The zero-order valence-corrected chi connectivity index (χ0v) is 13.4. The third kappa shape index (κ3) is 2.17. The van der Waals surface area contributed by atoms with Crippen LogP contribution >= 0.6 is 12.2 Å². The zero-order chi connectivity index (χ0) is 15.1. The highest BCUT2D eigenvalue weighted by atomic mass is 32.1. The molecule has 3 rings (SSSR count). The van der Waals surface area contributed by atoms with E-state index < -0.39 is 0 Å². The summed E-state index contributed by atoms with van der Waals surface area (Å²) >= 11 is 5.51. The minimum absolute atomic E-state index is 0.0933. The van der Waals surface area contributed by atoms with Crippen molar-refractivity contribution in [3.63, 3.8) is 0 Å². The van der Waals surface area contributed by atoms with Crippen LogP contribution in [0, 0.1) is 18.6 Å². The standard InChI is InChI=1S/C16H18N2O2S/c1-9-8-12(11(3)20-9)10(2)18-13-6-5-7-14(19-4)15(13)17-16(18)21/h5-8,10H,1-4H3,(H,17,21). The number of aryl methyl sites for hydroxylation is 2. The van der Waals surface area contributed by atoms with E-state index in [0.29, 0.717) is 4.77 Å². The molecule has 110 valence electrons. The highest BCUT2D eigenvalue weighted by Gasteiger charge is 2.18. The summed E-state index contributed by atoms with van der Waals surface area (Å²) in [4.78, 5) is 3.25. The highest BCUT2D eigenvalue weighted by molar-refractivity contribution is 7.71. The summed E-state index contributed by atoms with van der Waals surface area (Å²) in [5.41, 5.74) is 3.10. The number of hydrogen-bond acceptors (Lipinski definition) is 3. The maximum Gasteiger partial charge on any atom is 0.178 e. The maximum absolute atomic E-state index is 5.65. The first-order valence-corrected chi connectivity index (χ1v) is 7.28. The summed E-state index contributed by atoms with van der Waals surface area (Å²) in [6.07, 6.45) is 0. The largest absolute Gasteiger partial charge is 0.494 e. The second kappa shape index (κ2) is 5.07. The number of imidazole rings is 1. The molecule has 5 heteroatoms. The van der Waals surface area contributed by atoms with Crippen molar-refractivity contribution in [2.24, 2.45) is 0 Å².